The van der Waals surface area contributed by atoms with Gasteiger partial charge < -0.3 is 16.0 Å². The Morgan fingerprint density at radius 1 is 1.14 bits per heavy atom. The molecule has 21 heavy (non-hydrogen) atoms. The van der Waals surface area contributed by atoms with Crippen LogP contribution in [0.2, 0.25) is 0 Å². The Morgan fingerprint density at radius 2 is 1.81 bits per heavy atom. The first-order valence-corrected chi connectivity index (χ1v) is 7.75. The van der Waals surface area contributed by atoms with Gasteiger partial charge in [-0.1, -0.05) is 26.7 Å². The van der Waals surface area contributed by atoms with Crippen LogP contribution in [0, 0.1) is 5.92 Å². The lowest BCUT2D eigenvalue weighted by Crippen LogP contribution is -2.42. The average molecular weight is 412 g/mol. The first-order valence-electron chi connectivity index (χ1n) is 7.75. The predicted octanol–water partition coefficient (Wildman–Crippen LogP) is 2.51. The lowest BCUT2D eigenvalue weighted by atomic mass is 10.0. The average Bonchev–Trinajstić information content (AvgIpc) is 2.34. The fourth-order valence-corrected chi connectivity index (χ4v) is 1.86. The molecular weight excluding hydrogens is 379 g/mol. The van der Waals surface area contributed by atoms with Crippen molar-refractivity contribution >= 4 is 35.8 Å². The van der Waals surface area contributed by atoms with Crippen molar-refractivity contribution in [2.75, 3.05) is 19.6 Å². The number of amides is 1. The van der Waals surface area contributed by atoms with Gasteiger partial charge in [-0.05, 0) is 26.2 Å². The number of halogens is 1. The molecule has 6 heteroatoms. The molecule has 0 spiro atoms. The second kappa shape index (κ2) is 14.4. The zero-order valence-corrected chi connectivity index (χ0v) is 16.5. The molecule has 0 radical (unpaired) electrons. The van der Waals surface area contributed by atoms with E-state index in [9.17, 15) is 4.79 Å². The first-order chi connectivity index (χ1) is 9.45. The number of aliphatic imine (C=N–C) groups is 1. The van der Waals surface area contributed by atoms with Crippen LogP contribution in [0.5, 0.6) is 0 Å². The molecule has 0 rings (SSSR count). The highest BCUT2D eigenvalue weighted by Crippen LogP contribution is 2.07. The van der Waals surface area contributed by atoms with Crippen molar-refractivity contribution < 1.29 is 4.79 Å². The van der Waals surface area contributed by atoms with Crippen molar-refractivity contribution in [3.05, 3.63) is 0 Å². The molecule has 1 atom stereocenters. The standard InChI is InChI=1S/C15H32N4O.HI/c1-6-16-15(18-11-10-17-14(5)20)19-13(4)9-7-8-12(2)3;/h12-13H,6-11H2,1-5H3,(H,17,20)(H2,16,18,19);1H. The molecule has 0 fully saturated rings. The lowest BCUT2D eigenvalue weighted by molar-refractivity contribution is -0.118. The van der Waals surface area contributed by atoms with Crippen LogP contribution in [-0.2, 0) is 4.79 Å². The van der Waals surface area contributed by atoms with Crippen LogP contribution in [0.15, 0.2) is 4.99 Å². The number of nitrogens with zero attached hydrogens (tertiary/aromatic N) is 1. The summed E-state index contributed by atoms with van der Waals surface area (Å²) in [5.74, 6) is 1.58. The Hall–Kier alpha value is -0.530. The summed E-state index contributed by atoms with van der Waals surface area (Å²) in [6.45, 7) is 12.3. The molecule has 0 saturated carbocycles. The molecule has 1 amide bonds. The third-order valence-corrected chi connectivity index (χ3v) is 2.90. The van der Waals surface area contributed by atoms with Crippen molar-refractivity contribution in [2.45, 2.75) is 59.9 Å². The molecule has 0 aliphatic carbocycles. The van der Waals surface area contributed by atoms with Crippen molar-refractivity contribution in [3.8, 4) is 0 Å². The van der Waals surface area contributed by atoms with Crippen LogP contribution in [0.3, 0.4) is 0 Å². The molecule has 0 saturated heterocycles. The molecule has 126 valence electrons. The number of hydrogen-bond donors (Lipinski definition) is 3. The molecule has 5 nitrogen and oxygen atoms in total. The minimum Gasteiger partial charge on any atom is -0.357 e. The van der Waals surface area contributed by atoms with Crippen molar-refractivity contribution in [3.63, 3.8) is 0 Å². The van der Waals surface area contributed by atoms with Gasteiger partial charge in [0.05, 0.1) is 6.54 Å². The SMILES string of the molecule is CCNC(=NCCNC(C)=O)NC(C)CCCC(C)C.I. The van der Waals surface area contributed by atoms with Gasteiger partial charge in [0.1, 0.15) is 0 Å². The van der Waals surface area contributed by atoms with E-state index in [1.807, 2.05) is 0 Å². The largest absolute Gasteiger partial charge is 0.357 e. The Labute approximate surface area is 147 Å². The van der Waals surface area contributed by atoms with E-state index in [0.29, 0.717) is 19.1 Å². The van der Waals surface area contributed by atoms with E-state index in [4.69, 9.17) is 0 Å². The van der Waals surface area contributed by atoms with Crippen LogP contribution in [0.1, 0.15) is 53.9 Å². The van der Waals surface area contributed by atoms with Gasteiger partial charge in [-0.2, -0.15) is 0 Å². The Morgan fingerprint density at radius 3 is 2.33 bits per heavy atom. The number of hydrogen-bond acceptors (Lipinski definition) is 2. The quantitative estimate of drug-likeness (QED) is 0.236. The molecule has 0 aromatic carbocycles. The van der Waals surface area contributed by atoms with E-state index in [0.717, 1.165) is 24.8 Å². The maximum atomic E-state index is 10.8. The van der Waals surface area contributed by atoms with Crippen molar-refractivity contribution in [1.29, 1.82) is 0 Å². The summed E-state index contributed by atoms with van der Waals surface area (Å²) in [4.78, 5) is 15.2. The summed E-state index contributed by atoms with van der Waals surface area (Å²) >= 11 is 0. The van der Waals surface area contributed by atoms with E-state index in [2.05, 4.69) is 48.6 Å². The second-order valence-electron chi connectivity index (χ2n) is 5.61. The molecule has 0 aromatic rings. The van der Waals surface area contributed by atoms with E-state index < -0.39 is 0 Å². The fourth-order valence-electron chi connectivity index (χ4n) is 1.86. The number of rotatable bonds is 9. The summed E-state index contributed by atoms with van der Waals surface area (Å²) in [5, 5.41) is 9.37. The second-order valence-corrected chi connectivity index (χ2v) is 5.61. The number of guanidine groups is 1. The maximum Gasteiger partial charge on any atom is 0.216 e. The summed E-state index contributed by atoms with van der Waals surface area (Å²) in [6.07, 6.45) is 3.65. The summed E-state index contributed by atoms with van der Waals surface area (Å²) in [7, 11) is 0. The first kappa shape index (κ1) is 22.7. The van der Waals surface area contributed by atoms with Crippen molar-refractivity contribution in [2.24, 2.45) is 10.9 Å². The van der Waals surface area contributed by atoms with Crippen LogP contribution in [-0.4, -0.2) is 37.5 Å². The summed E-state index contributed by atoms with van der Waals surface area (Å²) < 4.78 is 0. The van der Waals surface area contributed by atoms with Crippen LogP contribution >= 0.6 is 24.0 Å². The highest BCUT2D eigenvalue weighted by Gasteiger charge is 2.05. The molecule has 0 aliphatic rings. The highest BCUT2D eigenvalue weighted by atomic mass is 127. The molecule has 0 aromatic heterocycles. The van der Waals surface area contributed by atoms with Gasteiger partial charge in [0.2, 0.25) is 5.91 Å². The van der Waals surface area contributed by atoms with Gasteiger partial charge in [-0.3, -0.25) is 9.79 Å². The summed E-state index contributed by atoms with van der Waals surface area (Å²) in [6, 6.07) is 0.410. The van der Waals surface area contributed by atoms with Crippen LogP contribution in [0.25, 0.3) is 0 Å². The van der Waals surface area contributed by atoms with Crippen LogP contribution < -0.4 is 16.0 Å². The molecule has 0 heterocycles. The Kier molecular flexibility index (Phi) is 15.6. The summed E-state index contributed by atoms with van der Waals surface area (Å²) in [5.41, 5.74) is 0. The van der Waals surface area contributed by atoms with Crippen molar-refractivity contribution in [1.82, 2.24) is 16.0 Å². The number of nitrogens with one attached hydrogen (secondary N) is 3. The van der Waals surface area contributed by atoms with Gasteiger partial charge in [0, 0.05) is 26.1 Å². The van der Waals surface area contributed by atoms with E-state index in [-0.39, 0.29) is 29.9 Å². The van der Waals surface area contributed by atoms with Gasteiger partial charge in [0.25, 0.3) is 0 Å². The Bertz CT molecular complexity index is 295. The van der Waals surface area contributed by atoms with Gasteiger partial charge in [0.15, 0.2) is 5.96 Å². The topological polar surface area (TPSA) is 65.5 Å². The van der Waals surface area contributed by atoms with Gasteiger partial charge >= 0.3 is 0 Å². The van der Waals surface area contributed by atoms with Gasteiger partial charge in [-0.25, -0.2) is 0 Å². The third kappa shape index (κ3) is 15.7. The zero-order valence-electron chi connectivity index (χ0n) is 14.2. The highest BCUT2D eigenvalue weighted by molar-refractivity contribution is 14.0. The monoisotopic (exact) mass is 412 g/mol. The lowest BCUT2D eigenvalue weighted by Gasteiger charge is -2.18. The third-order valence-electron chi connectivity index (χ3n) is 2.90. The minimum atomic E-state index is -0.0137. The number of carbonyl (C=O) groups excluding carboxylic acids is 1. The van der Waals surface area contributed by atoms with E-state index in [1.54, 1.807) is 0 Å². The van der Waals surface area contributed by atoms with Crippen LogP contribution in [0.4, 0.5) is 0 Å². The number of carbonyl (C=O) groups is 1. The molecular formula is C15H33IN4O. The van der Waals surface area contributed by atoms with E-state index in [1.165, 1.54) is 19.8 Å². The van der Waals surface area contributed by atoms with Gasteiger partial charge in [-0.15, -0.1) is 24.0 Å². The molecule has 0 bridgehead atoms. The molecule has 0 aliphatic heterocycles. The fraction of sp³-hybridized carbons (Fsp3) is 0.867. The smallest absolute Gasteiger partial charge is 0.216 e. The normalized spacial score (nSPS) is 12.6. The Balaban J connectivity index is 0. The molecule has 3 N–H and O–H groups in total. The zero-order chi connectivity index (χ0) is 15.4. The maximum absolute atomic E-state index is 10.8. The minimum absolute atomic E-state index is 0. The molecule has 1 unspecified atom stereocenters. The van der Waals surface area contributed by atoms with E-state index >= 15 is 0 Å². The predicted molar refractivity (Wildman–Crippen MR) is 101 cm³/mol.